The molecule has 29 heavy (non-hydrogen) atoms. The number of para-hydroxylation sites is 1. The summed E-state index contributed by atoms with van der Waals surface area (Å²) < 4.78 is 11.5. The highest BCUT2D eigenvalue weighted by Gasteiger charge is 2.18. The van der Waals surface area contributed by atoms with Crippen LogP contribution < -0.4 is 15.4 Å². The number of ether oxygens (including phenoxy) is 1. The molecule has 4 rings (SSSR count). The van der Waals surface area contributed by atoms with Crippen molar-refractivity contribution < 1.29 is 9.15 Å². The molecule has 0 saturated heterocycles. The second kappa shape index (κ2) is 7.89. The van der Waals surface area contributed by atoms with Crippen molar-refractivity contribution in [1.82, 2.24) is 0 Å². The van der Waals surface area contributed by atoms with E-state index >= 15 is 0 Å². The van der Waals surface area contributed by atoms with Crippen molar-refractivity contribution in [1.29, 1.82) is 5.41 Å². The maximum Gasteiger partial charge on any atom is 0.193 e. The number of anilines is 1. The van der Waals surface area contributed by atoms with E-state index in [1.807, 2.05) is 72.8 Å². The Morgan fingerprint density at radius 2 is 1.83 bits per heavy atom. The van der Waals surface area contributed by atoms with Gasteiger partial charge in [-0.1, -0.05) is 48.0 Å². The van der Waals surface area contributed by atoms with E-state index < -0.39 is 0 Å². The van der Waals surface area contributed by atoms with Crippen LogP contribution in [-0.2, 0) is 6.54 Å². The van der Waals surface area contributed by atoms with Crippen LogP contribution in [0.25, 0.3) is 22.1 Å². The van der Waals surface area contributed by atoms with Gasteiger partial charge in [0.25, 0.3) is 0 Å². The number of guanidine groups is 1. The molecule has 0 amide bonds. The fourth-order valence-corrected chi connectivity index (χ4v) is 3.51. The van der Waals surface area contributed by atoms with Crippen LogP contribution in [0.4, 0.5) is 5.69 Å². The molecule has 3 N–H and O–H groups in total. The molecule has 0 spiro atoms. The summed E-state index contributed by atoms with van der Waals surface area (Å²) in [6.45, 7) is 0.305. The number of hydrogen-bond acceptors (Lipinski definition) is 3. The molecule has 1 aromatic heterocycles. The van der Waals surface area contributed by atoms with E-state index in [4.69, 9.17) is 31.9 Å². The number of nitrogens with two attached hydrogens (primary N) is 1. The van der Waals surface area contributed by atoms with Crippen molar-refractivity contribution in [2.24, 2.45) is 5.73 Å². The molecule has 0 fully saturated rings. The van der Waals surface area contributed by atoms with Gasteiger partial charge in [-0.3, -0.25) is 5.41 Å². The number of benzene rings is 3. The summed E-state index contributed by atoms with van der Waals surface area (Å²) in [6, 6.07) is 23.1. The predicted octanol–water partition coefficient (Wildman–Crippen LogP) is 5.66. The maximum absolute atomic E-state index is 8.14. The van der Waals surface area contributed by atoms with Crippen LogP contribution in [0.2, 0.25) is 5.02 Å². The lowest BCUT2D eigenvalue weighted by Crippen LogP contribution is -2.36. The van der Waals surface area contributed by atoms with E-state index in [0.29, 0.717) is 28.8 Å². The largest absolute Gasteiger partial charge is 0.495 e. The first-order chi connectivity index (χ1) is 14.0. The molecule has 0 radical (unpaired) electrons. The van der Waals surface area contributed by atoms with E-state index in [0.717, 1.165) is 22.1 Å². The van der Waals surface area contributed by atoms with E-state index in [1.54, 1.807) is 12.0 Å². The van der Waals surface area contributed by atoms with Crippen molar-refractivity contribution in [2.45, 2.75) is 6.54 Å². The van der Waals surface area contributed by atoms with Crippen LogP contribution in [0.3, 0.4) is 0 Å². The van der Waals surface area contributed by atoms with Crippen molar-refractivity contribution >= 4 is 34.2 Å². The van der Waals surface area contributed by atoms with Crippen molar-refractivity contribution in [3.63, 3.8) is 0 Å². The summed E-state index contributed by atoms with van der Waals surface area (Å²) in [5, 5.41) is 9.80. The van der Waals surface area contributed by atoms with Gasteiger partial charge in [0.05, 0.1) is 19.3 Å². The third kappa shape index (κ3) is 3.91. The molecule has 1 heterocycles. The summed E-state index contributed by atoms with van der Waals surface area (Å²) in [5.41, 5.74) is 9.32. The topological polar surface area (TPSA) is 75.5 Å². The first kappa shape index (κ1) is 18.9. The minimum absolute atomic E-state index is 0.105. The van der Waals surface area contributed by atoms with E-state index in [1.165, 1.54) is 0 Å². The molecule has 6 heteroatoms. The number of rotatable bonds is 5. The molecule has 0 aliphatic rings. The predicted molar refractivity (Wildman–Crippen MR) is 118 cm³/mol. The summed E-state index contributed by atoms with van der Waals surface area (Å²) in [7, 11) is 1.59. The molecule has 0 bridgehead atoms. The minimum Gasteiger partial charge on any atom is -0.495 e. The lowest BCUT2D eigenvalue weighted by atomic mass is 10.0. The molecule has 5 nitrogen and oxygen atoms in total. The fraction of sp³-hybridized carbons (Fsp3) is 0.0870. The van der Waals surface area contributed by atoms with Crippen molar-refractivity contribution in [3.8, 4) is 16.9 Å². The van der Waals surface area contributed by atoms with Crippen LogP contribution in [0.1, 0.15) is 5.76 Å². The van der Waals surface area contributed by atoms with Crippen LogP contribution in [0.15, 0.2) is 77.2 Å². The third-order valence-electron chi connectivity index (χ3n) is 4.71. The number of nitrogens with one attached hydrogen (secondary N) is 1. The van der Waals surface area contributed by atoms with Crippen LogP contribution in [0.5, 0.6) is 5.75 Å². The van der Waals surface area contributed by atoms with Gasteiger partial charge in [0.2, 0.25) is 0 Å². The van der Waals surface area contributed by atoms with E-state index in [-0.39, 0.29) is 5.96 Å². The first-order valence-electron chi connectivity index (χ1n) is 9.08. The Morgan fingerprint density at radius 1 is 1.03 bits per heavy atom. The zero-order valence-corrected chi connectivity index (χ0v) is 16.6. The highest BCUT2D eigenvalue weighted by atomic mass is 35.5. The maximum atomic E-state index is 8.14. The van der Waals surface area contributed by atoms with Gasteiger partial charge in [0.1, 0.15) is 17.1 Å². The standard InChI is InChI=1S/C23H20ClN3O2/c1-28-22-10-9-16(15-6-4-7-18(24)11-15)13-20(22)27(23(25)26)14-19-12-17-5-2-3-8-21(17)29-19/h2-13H,14H2,1H3,(H3,25,26). The number of methoxy groups -OCH3 is 1. The second-order valence-electron chi connectivity index (χ2n) is 6.62. The minimum atomic E-state index is -0.105. The van der Waals surface area contributed by atoms with Gasteiger partial charge in [-0.15, -0.1) is 0 Å². The summed E-state index contributed by atoms with van der Waals surface area (Å²) in [4.78, 5) is 1.66. The van der Waals surface area contributed by atoms with Gasteiger partial charge in [0, 0.05) is 10.4 Å². The summed E-state index contributed by atoms with van der Waals surface area (Å²) in [6.07, 6.45) is 0. The zero-order chi connectivity index (χ0) is 20.4. The average molecular weight is 406 g/mol. The molecule has 0 unspecified atom stereocenters. The molecule has 0 aliphatic carbocycles. The third-order valence-corrected chi connectivity index (χ3v) is 4.94. The average Bonchev–Trinajstić information content (AvgIpc) is 3.14. The SMILES string of the molecule is COc1ccc(-c2cccc(Cl)c2)cc1N(Cc1cc2ccccc2o1)C(=N)N. The number of fused-ring (bicyclic) bond motifs is 1. The van der Waals surface area contributed by atoms with Crippen LogP contribution in [0, 0.1) is 5.41 Å². The second-order valence-corrected chi connectivity index (χ2v) is 7.06. The zero-order valence-electron chi connectivity index (χ0n) is 15.9. The number of hydrogen-bond donors (Lipinski definition) is 2. The molecular formula is C23H20ClN3O2. The van der Waals surface area contributed by atoms with Gasteiger partial charge in [0.15, 0.2) is 5.96 Å². The Bertz CT molecular complexity index is 1150. The van der Waals surface area contributed by atoms with E-state index in [9.17, 15) is 0 Å². The Hall–Kier alpha value is -3.44. The number of furan rings is 1. The molecule has 0 aliphatic heterocycles. The molecule has 4 aromatic rings. The number of halogens is 1. The first-order valence-corrected chi connectivity index (χ1v) is 9.46. The number of nitrogens with zero attached hydrogens (tertiary/aromatic N) is 1. The van der Waals surface area contributed by atoms with Gasteiger partial charge >= 0.3 is 0 Å². The molecular weight excluding hydrogens is 386 g/mol. The van der Waals surface area contributed by atoms with Gasteiger partial charge in [-0.2, -0.15) is 0 Å². The van der Waals surface area contributed by atoms with Crippen molar-refractivity contribution in [3.05, 3.63) is 83.6 Å². The quantitative estimate of drug-likeness (QED) is 0.331. The molecule has 0 atom stereocenters. The molecule has 146 valence electrons. The Kier molecular flexibility index (Phi) is 5.14. The normalized spacial score (nSPS) is 10.8. The lowest BCUT2D eigenvalue weighted by Gasteiger charge is -2.24. The highest BCUT2D eigenvalue weighted by molar-refractivity contribution is 6.30. The lowest BCUT2D eigenvalue weighted by molar-refractivity contribution is 0.415. The van der Waals surface area contributed by atoms with Gasteiger partial charge < -0.3 is 19.8 Å². The highest BCUT2D eigenvalue weighted by Crippen LogP contribution is 2.35. The molecule has 3 aromatic carbocycles. The van der Waals surface area contributed by atoms with Gasteiger partial charge in [-0.25, -0.2) is 0 Å². The van der Waals surface area contributed by atoms with Crippen LogP contribution in [-0.4, -0.2) is 13.1 Å². The fourth-order valence-electron chi connectivity index (χ4n) is 3.32. The van der Waals surface area contributed by atoms with Crippen molar-refractivity contribution in [2.75, 3.05) is 12.0 Å². The smallest absolute Gasteiger partial charge is 0.193 e. The Balaban J connectivity index is 1.75. The Labute approximate surface area is 173 Å². The summed E-state index contributed by atoms with van der Waals surface area (Å²) >= 11 is 6.15. The van der Waals surface area contributed by atoms with Crippen LogP contribution >= 0.6 is 11.6 Å². The van der Waals surface area contributed by atoms with E-state index in [2.05, 4.69) is 0 Å². The summed E-state index contributed by atoms with van der Waals surface area (Å²) in [5.74, 6) is 1.21. The van der Waals surface area contributed by atoms with Gasteiger partial charge in [-0.05, 0) is 47.5 Å². The Morgan fingerprint density at radius 3 is 2.55 bits per heavy atom. The monoisotopic (exact) mass is 405 g/mol. The molecule has 0 saturated carbocycles.